The molecule has 0 heterocycles. The van der Waals surface area contributed by atoms with Crippen molar-refractivity contribution in [2.75, 3.05) is 25.6 Å². The second kappa shape index (κ2) is 5.09. The second-order valence-electron chi connectivity index (χ2n) is 5.01. The van der Waals surface area contributed by atoms with E-state index in [9.17, 15) is 0 Å². The Morgan fingerprint density at radius 1 is 1.41 bits per heavy atom. The lowest BCUT2D eigenvalue weighted by Crippen LogP contribution is -2.30. The Morgan fingerprint density at radius 3 is 2.53 bits per heavy atom. The van der Waals surface area contributed by atoms with Crippen LogP contribution in [-0.2, 0) is 0 Å². The van der Waals surface area contributed by atoms with Crippen LogP contribution in [0.2, 0.25) is 0 Å². The summed E-state index contributed by atoms with van der Waals surface area (Å²) < 4.78 is 5.23. The average Bonchev–Trinajstić information content (AvgIpc) is 2.28. The molecule has 0 aliphatic rings. The van der Waals surface area contributed by atoms with Crippen molar-refractivity contribution in [2.45, 2.75) is 20.8 Å². The van der Waals surface area contributed by atoms with E-state index in [2.05, 4.69) is 17.0 Å². The van der Waals surface area contributed by atoms with Gasteiger partial charge in [-0.15, -0.1) is 0 Å². The first kappa shape index (κ1) is 13.4. The van der Waals surface area contributed by atoms with Crippen LogP contribution in [0.3, 0.4) is 0 Å². The number of nitrogens with zero attached hydrogens (tertiary/aromatic N) is 2. The van der Waals surface area contributed by atoms with Crippen molar-refractivity contribution in [3.05, 3.63) is 23.8 Å². The van der Waals surface area contributed by atoms with Crippen molar-refractivity contribution < 1.29 is 4.74 Å². The molecule has 0 spiro atoms. The standard InChI is InChI=1S/C14H20N2O/c1-11-8-12(6-7-13(11)17-5)16(4)10-14(2,3)9-15/h6-8H,10H2,1-5H3. The van der Waals surface area contributed by atoms with E-state index in [0.29, 0.717) is 6.54 Å². The summed E-state index contributed by atoms with van der Waals surface area (Å²) in [5, 5.41) is 9.03. The van der Waals surface area contributed by atoms with E-state index < -0.39 is 0 Å². The smallest absolute Gasteiger partial charge is 0.121 e. The quantitative estimate of drug-likeness (QED) is 0.800. The van der Waals surface area contributed by atoms with Crippen LogP contribution in [0.4, 0.5) is 5.69 Å². The van der Waals surface area contributed by atoms with Crippen molar-refractivity contribution in [3.8, 4) is 11.8 Å². The number of hydrogen-bond donors (Lipinski definition) is 0. The zero-order valence-corrected chi connectivity index (χ0v) is 11.2. The third-order valence-electron chi connectivity index (χ3n) is 2.75. The normalized spacial score (nSPS) is 10.8. The molecule has 0 aliphatic carbocycles. The molecule has 17 heavy (non-hydrogen) atoms. The lowest BCUT2D eigenvalue weighted by Gasteiger charge is -2.26. The summed E-state index contributed by atoms with van der Waals surface area (Å²) in [7, 11) is 3.67. The molecule has 0 atom stereocenters. The van der Waals surface area contributed by atoms with Gasteiger partial charge in [0.25, 0.3) is 0 Å². The van der Waals surface area contributed by atoms with Crippen LogP contribution in [0.25, 0.3) is 0 Å². The summed E-state index contributed by atoms with van der Waals surface area (Å²) in [6.07, 6.45) is 0. The SMILES string of the molecule is COc1ccc(N(C)CC(C)(C)C#N)cc1C. The van der Waals surface area contributed by atoms with Gasteiger partial charge in [-0.25, -0.2) is 0 Å². The molecule has 0 N–H and O–H groups in total. The predicted octanol–water partition coefficient (Wildman–Crippen LogP) is 2.99. The monoisotopic (exact) mass is 232 g/mol. The summed E-state index contributed by atoms with van der Waals surface area (Å²) >= 11 is 0. The Bertz CT molecular complexity index is 432. The van der Waals surface area contributed by atoms with Crippen LogP contribution in [0.15, 0.2) is 18.2 Å². The lowest BCUT2D eigenvalue weighted by molar-refractivity contribution is 0.411. The maximum Gasteiger partial charge on any atom is 0.121 e. The highest BCUT2D eigenvalue weighted by Gasteiger charge is 2.19. The molecule has 3 nitrogen and oxygen atoms in total. The van der Waals surface area contributed by atoms with Gasteiger partial charge in [0.1, 0.15) is 5.75 Å². The Hall–Kier alpha value is -1.69. The molecule has 0 fully saturated rings. The fourth-order valence-electron chi connectivity index (χ4n) is 1.82. The highest BCUT2D eigenvalue weighted by atomic mass is 16.5. The molecular formula is C14H20N2O. The van der Waals surface area contributed by atoms with Gasteiger partial charge in [-0.1, -0.05) is 0 Å². The first-order valence-corrected chi connectivity index (χ1v) is 5.66. The molecule has 0 saturated carbocycles. The van der Waals surface area contributed by atoms with E-state index in [0.717, 1.165) is 17.0 Å². The molecule has 1 aromatic carbocycles. The molecule has 92 valence electrons. The zero-order valence-electron chi connectivity index (χ0n) is 11.2. The minimum absolute atomic E-state index is 0.345. The van der Waals surface area contributed by atoms with Gasteiger partial charge >= 0.3 is 0 Å². The van der Waals surface area contributed by atoms with Crippen molar-refractivity contribution >= 4 is 5.69 Å². The minimum atomic E-state index is -0.345. The number of aryl methyl sites for hydroxylation is 1. The number of hydrogen-bond acceptors (Lipinski definition) is 3. The van der Waals surface area contributed by atoms with E-state index in [1.807, 2.05) is 40.0 Å². The first-order valence-electron chi connectivity index (χ1n) is 5.66. The van der Waals surface area contributed by atoms with Gasteiger partial charge in [0.2, 0.25) is 0 Å². The fraction of sp³-hybridized carbons (Fsp3) is 0.500. The lowest BCUT2D eigenvalue weighted by atomic mass is 9.95. The average molecular weight is 232 g/mol. The maximum atomic E-state index is 9.03. The predicted molar refractivity (Wildman–Crippen MR) is 70.4 cm³/mol. The topological polar surface area (TPSA) is 36.3 Å². The van der Waals surface area contributed by atoms with Gasteiger partial charge in [-0.3, -0.25) is 0 Å². The molecule has 0 saturated heterocycles. The summed E-state index contributed by atoms with van der Waals surface area (Å²) in [5.74, 6) is 0.890. The summed E-state index contributed by atoms with van der Waals surface area (Å²) in [5.41, 5.74) is 1.86. The highest BCUT2D eigenvalue weighted by molar-refractivity contribution is 5.52. The summed E-state index contributed by atoms with van der Waals surface area (Å²) in [4.78, 5) is 2.09. The Morgan fingerprint density at radius 2 is 2.06 bits per heavy atom. The molecule has 0 aliphatic heterocycles. The first-order chi connectivity index (χ1) is 7.89. The van der Waals surface area contributed by atoms with Gasteiger partial charge in [0.15, 0.2) is 0 Å². The van der Waals surface area contributed by atoms with Crippen LogP contribution >= 0.6 is 0 Å². The number of methoxy groups -OCH3 is 1. The van der Waals surface area contributed by atoms with Gasteiger partial charge < -0.3 is 9.64 Å². The van der Waals surface area contributed by atoms with Gasteiger partial charge in [0.05, 0.1) is 18.6 Å². The molecule has 3 heteroatoms. The summed E-state index contributed by atoms with van der Waals surface area (Å²) in [6, 6.07) is 8.36. The zero-order chi connectivity index (χ0) is 13.1. The summed E-state index contributed by atoms with van der Waals surface area (Å²) in [6.45, 7) is 6.61. The molecule has 0 unspecified atom stereocenters. The molecule has 0 bridgehead atoms. The number of nitriles is 1. The third-order valence-corrected chi connectivity index (χ3v) is 2.75. The third kappa shape index (κ3) is 3.39. The molecule has 1 aromatic rings. The van der Waals surface area contributed by atoms with E-state index in [1.54, 1.807) is 7.11 Å². The van der Waals surface area contributed by atoms with Crippen molar-refractivity contribution in [3.63, 3.8) is 0 Å². The number of ether oxygens (including phenoxy) is 1. The molecule has 1 rings (SSSR count). The Kier molecular flexibility index (Phi) is 4.01. The van der Waals surface area contributed by atoms with Crippen LogP contribution in [0.1, 0.15) is 19.4 Å². The van der Waals surface area contributed by atoms with E-state index >= 15 is 0 Å². The van der Waals surface area contributed by atoms with Crippen molar-refractivity contribution in [1.82, 2.24) is 0 Å². The maximum absolute atomic E-state index is 9.03. The van der Waals surface area contributed by atoms with Gasteiger partial charge in [-0.05, 0) is 44.5 Å². The van der Waals surface area contributed by atoms with Crippen LogP contribution in [-0.4, -0.2) is 20.7 Å². The number of benzene rings is 1. The molecule has 0 amide bonds. The largest absolute Gasteiger partial charge is 0.496 e. The molecular weight excluding hydrogens is 212 g/mol. The van der Waals surface area contributed by atoms with Gasteiger partial charge in [-0.2, -0.15) is 5.26 Å². The minimum Gasteiger partial charge on any atom is -0.496 e. The highest BCUT2D eigenvalue weighted by Crippen LogP contribution is 2.25. The second-order valence-corrected chi connectivity index (χ2v) is 5.01. The van der Waals surface area contributed by atoms with Crippen molar-refractivity contribution in [2.24, 2.45) is 5.41 Å². The van der Waals surface area contributed by atoms with Crippen LogP contribution in [0.5, 0.6) is 5.75 Å². The Balaban J connectivity index is 2.87. The van der Waals surface area contributed by atoms with Crippen LogP contribution in [0, 0.1) is 23.7 Å². The van der Waals surface area contributed by atoms with Gasteiger partial charge in [0, 0.05) is 19.3 Å². The number of rotatable bonds is 4. The van der Waals surface area contributed by atoms with E-state index in [4.69, 9.17) is 10.00 Å². The number of anilines is 1. The molecule has 0 radical (unpaired) electrons. The fourth-order valence-corrected chi connectivity index (χ4v) is 1.82. The van der Waals surface area contributed by atoms with Crippen LogP contribution < -0.4 is 9.64 Å². The molecule has 0 aromatic heterocycles. The van der Waals surface area contributed by atoms with E-state index in [1.165, 1.54) is 0 Å². The Labute approximate surface area is 104 Å². The van der Waals surface area contributed by atoms with Crippen molar-refractivity contribution in [1.29, 1.82) is 5.26 Å². The van der Waals surface area contributed by atoms with E-state index in [-0.39, 0.29) is 5.41 Å².